The van der Waals surface area contributed by atoms with Crippen molar-refractivity contribution in [2.75, 3.05) is 6.54 Å². The van der Waals surface area contributed by atoms with Gasteiger partial charge in [0.15, 0.2) is 0 Å². The average molecular weight is 502 g/mol. The Hall–Kier alpha value is -3.64. The van der Waals surface area contributed by atoms with Gasteiger partial charge in [-0.15, -0.1) is 0 Å². The molecular formula is C31H39N3O3. The molecule has 0 aliphatic carbocycles. The Morgan fingerprint density at radius 1 is 0.919 bits per heavy atom. The zero-order chi connectivity index (χ0) is 26.9. The molecule has 3 aromatic carbocycles. The van der Waals surface area contributed by atoms with E-state index in [4.69, 9.17) is 16.2 Å². The van der Waals surface area contributed by atoms with Gasteiger partial charge in [0.2, 0.25) is 11.8 Å². The minimum Gasteiger partial charge on any atom is -0.489 e. The molecule has 3 rings (SSSR count). The van der Waals surface area contributed by atoms with Gasteiger partial charge in [-0.1, -0.05) is 54.6 Å². The summed E-state index contributed by atoms with van der Waals surface area (Å²) in [5.74, 6) is -0.0207. The van der Waals surface area contributed by atoms with Gasteiger partial charge in [-0.25, -0.2) is 0 Å². The summed E-state index contributed by atoms with van der Waals surface area (Å²) in [5.41, 5.74) is 18.6. The number of hydrogen-bond donors (Lipinski definition) is 2. The molecule has 0 saturated heterocycles. The van der Waals surface area contributed by atoms with Crippen molar-refractivity contribution in [2.45, 2.75) is 65.6 Å². The molecule has 2 amide bonds. The Bertz CT molecular complexity index is 1190. The number of nitrogens with two attached hydrogens (primary N) is 2. The predicted molar refractivity (Wildman–Crippen MR) is 148 cm³/mol. The van der Waals surface area contributed by atoms with Crippen LogP contribution in [0.3, 0.4) is 0 Å². The first kappa shape index (κ1) is 27.9. The van der Waals surface area contributed by atoms with Crippen molar-refractivity contribution >= 4 is 11.8 Å². The van der Waals surface area contributed by atoms with Crippen molar-refractivity contribution in [3.05, 3.63) is 100 Å². The fraction of sp³-hybridized carbons (Fsp3) is 0.355. The molecule has 37 heavy (non-hydrogen) atoms. The van der Waals surface area contributed by atoms with E-state index in [0.29, 0.717) is 26.0 Å². The van der Waals surface area contributed by atoms with Gasteiger partial charge in [0, 0.05) is 6.54 Å². The first-order chi connectivity index (χ1) is 17.7. The molecule has 6 heteroatoms. The Morgan fingerprint density at radius 3 is 2.16 bits per heavy atom. The molecule has 0 fully saturated rings. The summed E-state index contributed by atoms with van der Waals surface area (Å²) in [6.45, 7) is 8.64. The molecule has 0 bridgehead atoms. The molecule has 0 heterocycles. The van der Waals surface area contributed by atoms with Gasteiger partial charge < -0.3 is 21.1 Å². The van der Waals surface area contributed by atoms with Crippen molar-refractivity contribution in [1.29, 1.82) is 0 Å². The van der Waals surface area contributed by atoms with Gasteiger partial charge in [0.25, 0.3) is 0 Å². The van der Waals surface area contributed by atoms with Gasteiger partial charge in [0.05, 0.1) is 6.04 Å². The minimum absolute atomic E-state index is 0.266. The molecule has 6 nitrogen and oxygen atoms in total. The number of hydrogen-bond acceptors (Lipinski definition) is 4. The Labute approximate surface area is 220 Å². The fourth-order valence-electron chi connectivity index (χ4n) is 4.56. The molecule has 4 N–H and O–H groups in total. The van der Waals surface area contributed by atoms with Crippen LogP contribution >= 0.6 is 0 Å². The molecule has 3 aromatic rings. The second-order valence-electron chi connectivity index (χ2n) is 9.76. The highest BCUT2D eigenvalue weighted by Gasteiger charge is 2.28. The van der Waals surface area contributed by atoms with Gasteiger partial charge in [-0.05, 0) is 92.5 Å². The number of nitrogens with zero attached hydrogens (tertiary/aromatic N) is 1. The lowest BCUT2D eigenvalue weighted by atomic mass is 9.95. The lowest BCUT2D eigenvalue weighted by molar-refractivity contribution is -0.139. The number of ether oxygens (including phenoxy) is 1. The first-order valence-corrected chi connectivity index (χ1v) is 12.8. The van der Waals surface area contributed by atoms with Crippen LogP contribution in [0.25, 0.3) is 0 Å². The summed E-state index contributed by atoms with van der Waals surface area (Å²) in [5, 5.41) is 0. The first-order valence-electron chi connectivity index (χ1n) is 12.8. The fourth-order valence-corrected chi connectivity index (χ4v) is 4.56. The highest BCUT2D eigenvalue weighted by molar-refractivity contribution is 5.89. The van der Waals surface area contributed by atoms with Crippen LogP contribution in [-0.4, -0.2) is 35.3 Å². The molecule has 196 valence electrons. The van der Waals surface area contributed by atoms with Crippen molar-refractivity contribution in [1.82, 2.24) is 4.90 Å². The van der Waals surface area contributed by atoms with E-state index in [1.165, 1.54) is 16.0 Å². The summed E-state index contributed by atoms with van der Waals surface area (Å²) >= 11 is 0. The Morgan fingerprint density at radius 2 is 1.54 bits per heavy atom. The average Bonchev–Trinajstić information content (AvgIpc) is 2.88. The van der Waals surface area contributed by atoms with Crippen molar-refractivity contribution in [3.8, 4) is 5.75 Å². The van der Waals surface area contributed by atoms with E-state index in [-0.39, 0.29) is 5.91 Å². The molecule has 0 aromatic heterocycles. The van der Waals surface area contributed by atoms with Gasteiger partial charge in [0.1, 0.15) is 18.4 Å². The summed E-state index contributed by atoms with van der Waals surface area (Å²) in [6, 6.07) is 20.7. The highest BCUT2D eigenvalue weighted by Crippen LogP contribution is 2.25. The van der Waals surface area contributed by atoms with Crippen LogP contribution in [0.15, 0.2) is 66.7 Å². The maximum atomic E-state index is 13.4. The van der Waals surface area contributed by atoms with Crippen LogP contribution < -0.4 is 16.2 Å². The SMILES string of the molecule is Cc1ccccc1COc1cc(C)c(C[C@H](N)C(=O)N(CCCc2ccccc2)[C@H](C)C(N)=O)c(C)c1. The van der Waals surface area contributed by atoms with Crippen LogP contribution in [-0.2, 0) is 29.0 Å². The number of carbonyl (C=O) groups is 2. The van der Waals surface area contributed by atoms with Gasteiger partial charge in [-0.3, -0.25) is 9.59 Å². The van der Waals surface area contributed by atoms with E-state index < -0.39 is 18.0 Å². The summed E-state index contributed by atoms with van der Waals surface area (Å²) < 4.78 is 6.06. The summed E-state index contributed by atoms with van der Waals surface area (Å²) in [6.07, 6.45) is 1.88. The minimum atomic E-state index is -0.783. The second-order valence-corrected chi connectivity index (χ2v) is 9.76. The van der Waals surface area contributed by atoms with Gasteiger partial charge >= 0.3 is 0 Å². The molecular weight excluding hydrogens is 462 g/mol. The molecule has 0 aliphatic rings. The lowest BCUT2D eigenvalue weighted by Gasteiger charge is -2.30. The molecule has 0 radical (unpaired) electrons. The van der Waals surface area contributed by atoms with Gasteiger partial charge in [-0.2, -0.15) is 0 Å². The number of rotatable bonds is 12. The van der Waals surface area contributed by atoms with Crippen molar-refractivity contribution in [3.63, 3.8) is 0 Å². The maximum Gasteiger partial charge on any atom is 0.240 e. The standard InChI is InChI=1S/C31H39N3O3/c1-21-11-8-9-15-26(21)20-37-27-17-22(2)28(23(3)18-27)19-29(32)31(36)34(24(4)30(33)35)16-10-14-25-12-6-5-7-13-25/h5-9,11-13,15,17-18,24,29H,10,14,16,19-20,32H2,1-4H3,(H2,33,35)/t24-,29+/m1/s1. The summed E-state index contributed by atoms with van der Waals surface area (Å²) in [7, 11) is 0. The van der Waals surface area contributed by atoms with Crippen LogP contribution in [0, 0.1) is 20.8 Å². The molecule has 0 saturated carbocycles. The van der Waals surface area contributed by atoms with E-state index in [2.05, 4.69) is 31.2 Å². The second kappa shape index (κ2) is 13.1. The third-order valence-electron chi connectivity index (χ3n) is 6.94. The smallest absolute Gasteiger partial charge is 0.240 e. The van der Waals surface area contributed by atoms with Crippen LogP contribution in [0.2, 0.25) is 0 Å². The summed E-state index contributed by atoms with van der Waals surface area (Å²) in [4.78, 5) is 26.9. The van der Waals surface area contributed by atoms with E-state index in [9.17, 15) is 9.59 Å². The number of aryl methyl sites for hydroxylation is 4. The Balaban J connectivity index is 1.67. The lowest BCUT2D eigenvalue weighted by Crippen LogP contribution is -2.53. The maximum absolute atomic E-state index is 13.4. The zero-order valence-corrected chi connectivity index (χ0v) is 22.4. The normalized spacial score (nSPS) is 12.6. The van der Waals surface area contributed by atoms with Crippen LogP contribution in [0.4, 0.5) is 0 Å². The van der Waals surface area contributed by atoms with Crippen molar-refractivity contribution in [2.24, 2.45) is 11.5 Å². The zero-order valence-electron chi connectivity index (χ0n) is 22.4. The quantitative estimate of drug-likeness (QED) is 0.384. The molecule has 0 aliphatic heterocycles. The van der Waals surface area contributed by atoms with Crippen molar-refractivity contribution < 1.29 is 14.3 Å². The Kier molecular flexibility index (Phi) is 9.86. The molecule has 0 spiro atoms. The molecule has 2 atom stereocenters. The third-order valence-corrected chi connectivity index (χ3v) is 6.94. The van der Waals surface area contributed by atoms with E-state index in [1.54, 1.807) is 6.92 Å². The largest absolute Gasteiger partial charge is 0.489 e. The molecule has 0 unspecified atom stereocenters. The van der Waals surface area contributed by atoms with Crippen LogP contribution in [0.5, 0.6) is 5.75 Å². The monoisotopic (exact) mass is 501 g/mol. The van der Waals surface area contributed by atoms with E-state index in [1.807, 2.05) is 56.3 Å². The van der Waals surface area contributed by atoms with Crippen LogP contribution in [0.1, 0.15) is 46.7 Å². The van der Waals surface area contributed by atoms with E-state index >= 15 is 0 Å². The third kappa shape index (κ3) is 7.67. The van der Waals surface area contributed by atoms with E-state index in [0.717, 1.165) is 34.4 Å². The number of amides is 2. The predicted octanol–water partition coefficient (Wildman–Crippen LogP) is 4.40. The topological polar surface area (TPSA) is 98.7 Å². The number of carbonyl (C=O) groups excluding carboxylic acids is 2. The number of benzene rings is 3. The number of primary amides is 1. The highest BCUT2D eigenvalue weighted by atomic mass is 16.5.